The number of nitrogens with one attached hydrogen (secondary N) is 2. The van der Waals surface area contributed by atoms with Gasteiger partial charge in [-0.25, -0.2) is 0 Å². The van der Waals surface area contributed by atoms with Crippen molar-refractivity contribution in [2.45, 2.75) is 51.4 Å². The molecule has 7 nitrogen and oxygen atoms in total. The molecule has 1 aromatic heterocycles. The number of aromatic nitrogens is 3. The number of anilines is 1. The van der Waals surface area contributed by atoms with E-state index in [9.17, 15) is 9.59 Å². The second-order valence-electron chi connectivity index (χ2n) is 9.14. The zero-order valence-corrected chi connectivity index (χ0v) is 25.0. The maximum Gasteiger partial charge on any atom is 0.253 e. The standard InChI is InChI=1S/C27H31ClIN5O2S/c1-6-13-34-25(24(17(4)5)31-26(36)19-9-7-8-10-21(19)28)32-33-27(34)37-15-23(35)30-22-12-11-18(29)14-20(22)16(2)3/h6-12,14,16-17,24H,1,13,15H2,2-5H3,(H,30,35)(H,31,36). The maximum absolute atomic E-state index is 13.0. The van der Waals surface area contributed by atoms with Crippen LogP contribution in [0.4, 0.5) is 5.69 Å². The number of thioether (sulfide) groups is 1. The number of benzene rings is 2. The molecule has 1 heterocycles. The first kappa shape index (κ1) is 29.2. The molecule has 2 aromatic carbocycles. The Bertz CT molecular complexity index is 1280. The average Bonchev–Trinajstić information content (AvgIpc) is 3.24. The first-order valence-corrected chi connectivity index (χ1v) is 14.4. The van der Waals surface area contributed by atoms with Gasteiger partial charge in [-0.3, -0.25) is 9.59 Å². The Hall–Kier alpha value is -2.37. The molecule has 0 fully saturated rings. The Morgan fingerprint density at radius 1 is 1.16 bits per heavy atom. The Labute approximate surface area is 241 Å². The van der Waals surface area contributed by atoms with Crippen molar-refractivity contribution in [2.75, 3.05) is 11.1 Å². The van der Waals surface area contributed by atoms with Gasteiger partial charge >= 0.3 is 0 Å². The van der Waals surface area contributed by atoms with E-state index < -0.39 is 6.04 Å². The van der Waals surface area contributed by atoms with Crippen LogP contribution in [0.15, 0.2) is 60.3 Å². The lowest BCUT2D eigenvalue weighted by Crippen LogP contribution is -2.34. The summed E-state index contributed by atoms with van der Waals surface area (Å²) in [6.45, 7) is 12.5. The lowest BCUT2D eigenvalue weighted by atomic mass is 10.0. The van der Waals surface area contributed by atoms with E-state index in [-0.39, 0.29) is 29.4 Å². The molecular weight excluding hydrogens is 621 g/mol. The largest absolute Gasteiger partial charge is 0.342 e. The van der Waals surface area contributed by atoms with E-state index in [0.717, 1.165) is 14.8 Å². The molecule has 0 radical (unpaired) electrons. The van der Waals surface area contributed by atoms with Crippen LogP contribution in [-0.4, -0.2) is 32.3 Å². The molecule has 10 heteroatoms. The number of amides is 2. The molecule has 3 aromatic rings. The van der Waals surface area contributed by atoms with Crippen molar-refractivity contribution in [3.05, 3.63) is 80.7 Å². The summed E-state index contributed by atoms with van der Waals surface area (Å²) in [7, 11) is 0. The van der Waals surface area contributed by atoms with E-state index in [0.29, 0.717) is 28.1 Å². The fraction of sp³-hybridized carbons (Fsp3) is 0.333. The molecule has 0 aliphatic heterocycles. The van der Waals surface area contributed by atoms with Crippen molar-refractivity contribution in [1.29, 1.82) is 0 Å². The summed E-state index contributed by atoms with van der Waals surface area (Å²) < 4.78 is 3.01. The van der Waals surface area contributed by atoms with Crippen LogP contribution >= 0.6 is 46.0 Å². The summed E-state index contributed by atoms with van der Waals surface area (Å²) in [4.78, 5) is 25.8. The molecular formula is C27H31ClIN5O2S. The van der Waals surface area contributed by atoms with Crippen molar-refractivity contribution >= 4 is 63.5 Å². The number of nitrogens with zero attached hydrogens (tertiary/aromatic N) is 3. The Morgan fingerprint density at radius 3 is 2.54 bits per heavy atom. The fourth-order valence-electron chi connectivity index (χ4n) is 3.77. The second kappa shape index (κ2) is 13.4. The number of hydrogen-bond acceptors (Lipinski definition) is 5. The van der Waals surface area contributed by atoms with Gasteiger partial charge in [0.25, 0.3) is 5.91 Å². The summed E-state index contributed by atoms with van der Waals surface area (Å²) in [5.74, 6) is 0.648. The molecule has 3 rings (SSSR count). The van der Waals surface area contributed by atoms with Crippen LogP contribution in [0, 0.1) is 9.49 Å². The number of halogens is 2. The highest BCUT2D eigenvalue weighted by Gasteiger charge is 2.27. The quantitative estimate of drug-likeness (QED) is 0.137. The normalized spacial score (nSPS) is 12.0. The number of hydrogen-bond donors (Lipinski definition) is 2. The zero-order chi connectivity index (χ0) is 27.1. The molecule has 196 valence electrons. The molecule has 1 unspecified atom stereocenters. The van der Waals surface area contributed by atoms with Gasteiger partial charge in [0.05, 0.1) is 22.4 Å². The van der Waals surface area contributed by atoms with Gasteiger partial charge in [-0.05, 0) is 70.3 Å². The van der Waals surface area contributed by atoms with Crippen LogP contribution in [0.25, 0.3) is 0 Å². The Balaban J connectivity index is 1.77. The Kier molecular flexibility index (Phi) is 10.6. The minimum Gasteiger partial charge on any atom is -0.342 e. The summed E-state index contributed by atoms with van der Waals surface area (Å²) in [5.41, 5.74) is 2.31. The molecule has 2 amide bonds. The fourth-order valence-corrected chi connectivity index (χ4v) is 5.26. The molecule has 0 bridgehead atoms. The van der Waals surface area contributed by atoms with Gasteiger partial charge in [0.15, 0.2) is 11.0 Å². The molecule has 0 saturated carbocycles. The SMILES string of the molecule is C=CCn1c(SCC(=O)Nc2ccc(I)cc2C(C)C)nnc1C(NC(=O)c1ccccc1Cl)C(C)C. The third-order valence-corrected chi connectivity index (χ3v) is 7.62. The van der Waals surface area contributed by atoms with Gasteiger partial charge in [0.1, 0.15) is 0 Å². The topological polar surface area (TPSA) is 88.9 Å². The van der Waals surface area contributed by atoms with E-state index in [4.69, 9.17) is 11.6 Å². The van der Waals surface area contributed by atoms with Gasteiger partial charge in [0.2, 0.25) is 5.91 Å². The maximum atomic E-state index is 13.0. The minimum absolute atomic E-state index is 0.0238. The molecule has 0 saturated heterocycles. The van der Waals surface area contributed by atoms with Gasteiger partial charge in [-0.2, -0.15) is 0 Å². The van der Waals surface area contributed by atoms with Crippen molar-refractivity contribution in [1.82, 2.24) is 20.1 Å². The minimum atomic E-state index is -0.417. The van der Waals surface area contributed by atoms with Gasteiger partial charge in [-0.15, -0.1) is 16.8 Å². The average molecular weight is 652 g/mol. The van der Waals surface area contributed by atoms with Crippen molar-refractivity contribution in [2.24, 2.45) is 5.92 Å². The lowest BCUT2D eigenvalue weighted by Gasteiger charge is -2.23. The summed E-state index contributed by atoms with van der Waals surface area (Å²) in [6.07, 6.45) is 1.74. The van der Waals surface area contributed by atoms with E-state index in [1.165, 1.54) is 11.8 Å². The highest BCUT2D eigenvalue weighted by molar-refractivity contribution is 14.1. The lowest BCUT2D eigenvalue weighted by molar-refractivity contribution is -0.113. The van der Waals surface area contributed by atoms with Crippen LogP contribution in [0.3, 0.4) is 0 Å². The molecule has 0 spiro atoms. The number of carbonyl (C=O) groups is 2. The first-order valence-electron chi connectivity index (χ1n) is 11.9. The predicted octanol–water partition coefficient (Wildman–Crippen LogP) is 6.70. The third-order valence-electron chi connectivity index (χ3n) is 5.65. The van der Waals surface area contributed by atoms with Gasteiger partial charge in [0, 0.05) is 15.8 Å². The summed E-state index contributed by atoms with van der Waals surface area (Å²) >= 11 is 9.79. The molecule has 37 heavy (non-hydrogen) atoms. The van der Waals surface area contributed by atoms with Gasteiger partial charge in [-0.1, -0.05) is 69.3 Å². The van der Waals surface area contributed by atoms with E-state index in [1.807, 2.05) is 30.5 Å². The van der Waals surface area contributed by atoms with Crippen molar-refractivity contribution in [3.63, 3.8) is 0 Å². The summed E-state index contributed by atoms with van der Waals surface area (Å²) in [5, 5.41) is 15.8. The molecule has 0 aliphatic carbocycles. The van der Waals surface area contributed by atoms with Crippen LogP contribution in [0.5, 0.6) is 0 Å². The van der Waals surface area contributed by atoms with Crippen molar-refractivity contribution < 1.29 is 9.59 Å². The van der Waals surface area contributed by atoms with E-state index in [1.54, 1.807) is 30.3 Å². The third kappa shape index (κ3) is 7.58. The highest BCUT2D eigenvalue weighted by atomic mass is 127. The second-order valence-corrected chi connectivity index (χ2v) is 11.7. The highest BCUT2D eigenvalue weighted by Crippen LogP contribution is 2.28. The van der Waals surface area contributed by atoms with Crippen LogP contribution in [-0.2, 0) is 11.3 Å². The number of carbonyl (C=O) groups excluding carboxylic acids is 2. The zero-order valence-electron chi connectivity index (χ0n) is 21.3. The Morgan fingerprint density at radius 2 is 1.89 bits per heavy atom. The number of allylic oxidation sites excluding steroid dienone is 1. The van der Waals surface area contributed by atoms with Crippen molar-refractivity contribution in [3.8, 4) is 0 Å². The smallest absolute Gasteiger partial charge is 0.253 e. The first-order chi connectivity index (χ1) is 17.6. The predicted molar refractivity (Wildman–Crippen MR) is 159 cm³/mol. The molecule has 1 atom stereocenters. The molecule has 0 aliphatic rings. The number of rotatable bonds is 11. The summed E-state index contributed by atoms with van der Waals surface area (Å²) in [6, 6.07) is 12.5. The molecule has 2 N–H and O–H groups in total. The van der Waals surface area contributed by atoms with Gasteiger partial charge < -0.3 is 15.2 Å². The monoisotopic (exact) mass is 651 g/mol. The van der Waals surface area contributed by atoms with Crippen LogP contribution in [0.1, 0.15) is 61.4 Å². The van der Waals surface area contributed by atoms with E-state index in [2.05, 4.69) is 69.9 Å². The van der Waals surface area contributed by atoms with E-state index >= 15 is 0 Å². The van der Waals surface area contributed by atoms with Crippen LogP contribution in [0.2, 0.25) is 5.02 Å². The van der Waals surface area contributed by atoms with Crippen LogP contribution < -0.4 is 10.6 Å².